The van der Waals surface area contributed by atoms with Gasteiger partial charge in [-0.05, 0) is 0 Å². The summed E-state index contributed by atoms with van der Waals surface area (Å²) in [5.74, 6) is 0.321. The first-order chi connectivity index (χ1) is 4.18. The Bertz CT molecular complexity index is 97.0. The highest BCUT2D eigenvalue weighted by molar-refractivity contribution is 6.36. The molecule has 0 aliphatic carbocycles. The Morgan fingerprint density at radius 1 is 1.78 bits per heavy atom. The van der Waals surface area contributed by atoms with Crippen LogP contribution in [0.1, 0.15) is 13.8 Å². The zero-order valence-corrected chi connectivity index (χ0v) is 8.96. The molecule has 52 valence electrons. The third-order valence-electron chi connectivity index (χ3n) is 0.846. The lowest BCUT2D eigenvalue weighted by Gasteiger charge is -2.06. The molecule has 9 heavy (non-hydrogen) atoms. The molecule has 0 heterocycles. The summed E-state index contributed by atoms with van der Waals surface area (Å²) in [7, 11) is 0. The summed E-state index contributed by atoms with van der Waals surface area (Å²) in [4.78, 5) is 10.8. The fourth-order valence-corrected chi connectivity index (χ4v) is 1.58. The fraction of sp³-hybridized carbons (Fsp3) is 0.800. The Morgan fingerprint density at radius 2 is 2.33 bits per heavy atom. The van der Waals surface area contributed by atoms with Gasteiger partial charge < -0.3 is 26.9 Å². The number of rotatable bonds is 3. The van der Waals surface area contributed by atoms with Crippen LogP contribution >= 0.6 is 0 Å². The molecule has 4 heteroatoms. The van der Waals surface area contributed by atoms with Crippen molar-refractivity contribution in [2.75, 3.05) is 3.29 Å². The molecule has 0 spiro atoms. The van der Waals surface area contributed by atoms with E-state index < -0.39 is 0 Å². The van der Waals surface area contributed by atoms with Gasteiger partial charge in [-0.25, -0.2) is 3.29 Å². The predicted molar refractivity (Wildman–Crippen MR) is 33.6 cm³/mol. The number of alkyl halides is 1. The summed E-state index contributed by atoms with van der Waals surface area (Å²) < 4.78 is 3.93. The monoisotopic (exact) mass is 254 g/mol. The van der Waals surface area contributed by atoms with Crippen molar-refractivity contribution in [2.45, 2.75) is 13.8 Å². The average Bonchev–Trinajstić information content (AvgIpc) is 1.82. The molecule has 0 saturated carbocycles. The molecule has 0 bridgehead atoms. The molecule has 1 amide bonds. The van der Waals surface area contributed by atoms with E-state index in [2.05, 4.69) is 26.9 Å². The highest BCUT2D eigenvalue weighted by Crippen LogP contribution is 1.87. The van der Waals surface area contributed by atoms with Gasteiger partial charge in [-0.1, -0.05) is 13.8 Å². The SMILES string of the molecule is CC(C)C(=O)[NH][Al][CH2][I-]. The first kappa shape index (κ1) is 9.73. The molecule has 0 unspecified atom stereocenters. The zero-order chi connectivity index (χ0) is 7.28. The first-order valence-electron chi connectivity index (χ1n) is 2.86. The molecule has 0 aliphatic rings. The lowest BCUT2D eigenvalue weighted by molar-refractivity contribution is -0.343. The van der Waals surface area contributed by atoms with Crippen LogP contribution in [-0.2, 0) is 4.79 Å². The average molecular weight is 254 g/mol. The Kier molecular flexibility index (Phi) is 5.96. The van der Waals surface area contributed by atoms with Crippen molar-refractivity contribution < 1.29 is 27.4 Å². The van der Waals surface area contributed by atoms with E-state index in [4.69, 9.17) is 0 Å². The van der Waals surface area contributed by atoms with Gasteiger partial charge in [0.15, 0.2) is 5.91 Å². The third kappa shape index (κ3) is 5.19. The molecule has 0 aliphatic heterocycles. The van der Waals surface area contributed by atoms with Gasteiger partial charge in [-0.2, -0.15) is 0 Å². The van der Waals surface area contributed by atoms with Crippen molar-refractivity contribution in [3.8, 4) is 0 Å². The molecular formula is C5H10AlINO-. The Labute approximate surface area is 75.8 Å². The molecular weight excluding hydrogens is 244 g/mol. The minimum atomic E-state index is 0.139. The van der Waals surface area contributed by atoms with Crippen LogP contribution in [0.25, 0.3) is 0 Å². The molecule has 0 atom stereocenters. The molecule has 0 rings (SSSR count). The first-order valence-corrected chi connectivity index (χ1v) is 5.78. The number of halogens is 1. The van der Waals surface area contributed by atoms with Gasteiger partial charge in [-0.3, -0.25) is 4.79 Å². The van der Waals surface area contributed by atoms with Crippen LogP contribution in [0.15, 0.2) is 0 Å². The number of nitrogens with one attached hydrogen (secondary N) is 1. The van der Waals surface area contributed by atoms with E-state index in [-0.39, 0.29) is 27.3 Å². The second-order valence-corrected chi connectivity index (χ2v) is 5.67. The largest absolute Gasteiger partial charge is 0.811 e. The highest BCUT2D eigenvalue weighted by atomic mass is 127. The molecule has 0 aromatic carbocycles. The van der Waals surface area contributed by atoms with Gasteiger partial charge in [0.25, 0.3) is 0 Å². The van der Waals surface area contributed by atoms with Crippen molar-refractivity contribution in [3.05, 3.63) is 0 Å². The van der Waals surface area contributed by atoms with Crippen molar-refractivity contribution in [2.24, 2.45) is 5.92 Å². The number of hydrogen-bond acceptors (Lipinski definition) is 1. The summed E-state index contributed by atoms with van der Waals surface area (Å²) in [5, 5.41) is 0. The molecule has 2 radical (unpaired) electrons. The van der Waals surface area contributed by atoms with E-state index in [1.165, 1.54) is 0 Å². The highest BCUT2D eigenvalue weighted by Gasteiger charge is 2.02. The van der Waals surface area contributed by atoms with Crippen LogP contribution in [-0.4, -0.2) is 24.6 Å². The summed E-state index contributed by atoms with van der Waals surface area (Å²) in [6.07, 6.45) is 0. The van der Waals surface area contributed by atoms with Crippen LogP contribution in [0.3, 0.4) is 0 Å². The van der Waals surface area contributed by atoms with Crippen molar-refractivity contribution in [1.29, 1.82) is 0 Å². The van der Waals surface area contributed by atoms with Gasteiger partial charge >= 0.3 is 15.4 Å². The van der Waals surface area contributed by atoms with Gasteiger partial charge in [0.05, 0.1) is 0 Å². The Balaban J connectivity index is 3.28. The Morgan fingerprint density at radius 3 is 2.67 bits per heavy atom. The van der Waals surface area contributed by atoms with E-state index in [1.807, 2.05) is 13.8 Å². The summed E-state index contributed by atoms with van der Waals surface area (Å²) in [6.45, 7) is 3.81. The van der Waals surface area contributed by atoms with Crippen LogP contribution in [0.2, 0.25) is 0 Å². The van der Waals surface area contributed by atoms with E-state index >= 15 is 0 Å². The zero-order valence-electron chi connectivity index (χ0n) is 5.65. The van der Waals surface area contributed by atoms with Crippen LogP contribution < -0.4 is 26.9 Å². The number of hydrogen-bond donors (Lipinski definition) is 1. The van der Waals surface area contributed by atoms with Crippen molar-refractivity contribution in [3.63, 3.8) is 0 Å². The van der Waals surface area contributed by atoms with Crippen LogP contribution in [0.5, 0.6) is 0 Å². The summed E-state index contributed by atoms with van der Waals surface area (Å²) in [6, 6.07) is 0. The minimum Gasteiger partial charge on any atom is -0.811 e. The van der Waals surface area contributed by atoms with E-state index in [0.29, 0.717) is 0 Å². The summed E-state index contributed by atoms with van der Waals surface area (Å²) >= 11 is 2.41. The van der Waals surface area contributed by atoms with Gasteiger partial charge in [0.1, 0.15) is 0 Å². The minimum absolute atomic E-state index is 0.139. The normalized spacial score (nSPS) is 9.33. The lowest BCUT2D eigenvalue weighted by atomic mass is 10.2. The topological polar surface area (TPSA) is 29.1 Å². The quantitative estimate of drug-likeness (QED) is 0.322. The molecule has 0 aromatic heterocycles. The Hall–Kier alpha value is 0.732. The van der Waals surface area contributed by atoms with Gasteiger partial charge in [0, 0.05) is 5.92 Å². The molecule has 1 N–H and O–H groups in total. The van der Waals surface area contributed by atoms with Gasteiger partial charge in [0.2, 0.25) is 0 Å². The van der Waals surface area contributed by atoms with Crippen LogP contribution in [0.4, 0.5) is 0 Å². The lowest BCUT2D eigenvalue weighted by Crippen LogP contribution is -3.36. The van der Waals surface area contributed by atoms with E-state index in [1.54, 1.807) is 0 Å². The molecule has 2 nitrogen and oxygen atoms in total. The predicted octanol–water partition coefficient (Wildman–Crippen LogP) is -3.11. The van der Waals surface area contributed by atoms with E-state index in [9.17, 15) is 4.79 Å². The number of amides is 1. The second-order valence-electron chi connectivity index (χ2n) is 2.02. The smallest absolute Gasteiger partial charge is 0.344 e. The maximum Gasteiger partial charge on any atom is 0.344 e. The van der Waals surface area contributed by atoms with Crippen molar-refractivity contribution in [1.82, 2.24) is 4.30 Å². The van der Waals surface area contributed by atoms with Gasteiger partial charge in [-0.15, -0.1) is 0 Å². The third-order valence-corrected chi connectivity index (χ3v) is 2.81. The number of carbonyl (C=O) groups is 1. The molecule has 0 fully saturated rings. The fourth-order valence-electron chi connectivity index (χ4n) is 0.306. The second kappa shape index (κ2) is 5.51. The molecule has 0 aromatic rings. The maximum absolute atomic E-state index is 10.8. The van der Waals surface area contributed by atoms with Crippen molar-refractivity contribution >= 4 is 21.3 Å². The maximum atomic E-state index is 10.8. The molecule has 0 saturated heterocycles. The van der Waals surface area contributed by atoms with Crippen LogP contribution in [0, 0.1) is 5.92 Å². The number of carbonyl (C=O) groups excluding carboxylic acids is 1. The standard InChI is InChI=1S/C4H9NO.CH2I.Al/c1-3(2)4(5)6;1-2;/h3H,1-2H3,(H2,5,6);1H2;/q;-1;+1/p-1. The van der Waals surface area contributed by atoms with E-state index in [0.717, 1.165) is 3.29 Å². The summed E-state index contributed by atoms with van der Waals surface area (Å²) in [5.41, 5.74) is 0.